The van der Waals surface area contributed by atoms with E-state index in [2.05, 4.69) is 9.97 Å². The molecule has 6 nitrogen and oxygen atoms in total. The first-order chi connectivity index (χ1) is 15.3. The smallest absolute Gasteiger partial charge is 0.261 e. The molecule has 1 atom stereocenters. The van der Waals surface area contributed by atoms with Crippen molar-refractivity contribution in [1.29, 1.82) is 0 Å². The molecule has 0 unspecified atom stereocenters. The molecule has 0 aliphatic carbocycles. The van der Waals surface area contributed by atoms with Crippen molar-refractivity contribution in [2.45, 2.75) is 26.8 Å². The summed E-state index contributed by atoms with van der Waals surface area (Å²) in [5.74, 6) is 0.654. The number of aryl methyl sites for hydroxylation is 1. The van der Waals surface area contributed by atoms with E-state index in [0.29, 0.717) is 22.5 Å². The van der Waals surface area contributed by atoms with Crippen molar-refractivity contribution < 1.29 is 13.9 Å². The molecule has 164 valence electrons. The molecular formula is C25H24FN3O3. The lowest BCUT2D eigenvalue weighted by Crippen LogP contribution is -2.25. The summed E-state index contributed by atoms with van der Waals surface area (Å²) in [6, 6.07) is 12.0. The standard InChI is InChI=1S/C25H24FN3O3/c1-14-6-11-20(32-5)15(2)22(14)24-23-19(12-21(26)28-24)25(30)29(13-27-23)16(3)17-7-9-18(31-4)10-8-17/h6-13,16H,1-5H3/t16-/m1/s1. The summed E-state index contributed by atoms with van der Waals surface area (Å²) in [4.78, 5) is 22.0. The molecule has 4 aromatic rings. The Balaban J connectivity index is 1.92. The second-order valence-electron chi connectivity index (χ2n) is 7.68. The van der Waals surface area contributed by atoms with Crippen molar-refractivity contribution in [2.75, 3.05) is 14.2 Å². The van der Waals surface area contributed by atoms with Gasteiger partial charge in [0.05, 0.1) is 32.0 Å². The summed E-state index contributed by atoms with van der Waals surface area (Å²) < 4.78 is 26.7. The molecule has 0 aliphatic heterocycles. The van der Waals surface area contributed by atoms with Gasteiger partial charge in [-0.05, 0) is 50.1 Å². The molecule has 32 heavy (non-hydrogen) atoms. The number of fused-ring (bicyclic) bond motifs is 1. The molecule has 2 aromatic heterocycles. The molecule has 0 bridgehead atoms. The van der Waals surface area contributed by atoms with E-state index in [0.717, 1.165) is 28.5 Å². The minimum absolute atomic E-state index is 0.178. The van der Waals surface area contributed by atoms with Crippen molar-refractivity contribution in [3.05, 3.63) is 81.8 Å². The number of halogens is 1. The van der Waals surface area contributed by atoms with Crippen molar-refractivity contribution in [1.82, 2.24) is 14.5 Å². The van der Waals surface area contributed by atoms with Gasteiger partial charge in [-0.1, -0.05) is 18.2 Å². The summed E-state index contributed by atoms with van der Waals surface area (Å²) in [5.41, 5.74) is 3.66. The van der Waals surface area contributed by atoms with Gasteiger partial charge in [0.2, 0.25) is 5.95 Å². The molecule has 2 aromatic carbocycles. The zero-order chi connectivity index (χ0) is 23.0. The Kier molecular flexibility index (Phi) is 5.65. The van der Waals surface area contributed by atoms with Gasteiger partial charge < -0.3 is 9.47 Å². The number of ether oxygens (including phenoxy) is 2. The van der Waals surface area contributed by atoms with Crippen LogP contribution in [0.15, 0.2) is 53.6 Å². The molecule has 0 aliphatic rings. The number of hydrogen-bond acceptors (Lipinski definition) is 5. The molecule has 0 fully saturated rings. The highest BCUT2D eigenvalue weighted by Crippen LogP contribution is 2.35. The van der Waals surface area contributed by atoms with E-state index >= 15 is 0 Å². The van der Waals surface area contributed by atoms with Gasteiger partial charge in [0, 0.05) is 17.2 Å². The Bertz CT molecular complexity index is 1360. The fourth-order valence-electron chi connectivity index (χ4n) is 4.02. The van der Waals surface area contributed by atoms with E-state index in [4.69, 9.17) is 9.47 Å². The van der Waals surface area contributed by atoms with Crippen LogP contribution in [0.5, 0.6) is 11.5 Å². The van der Waals surface area contributed by atoms with Crippen molar-refractivity contribution in [3.8, 4) is 22.8 Å². The maximum atomic E-state index is 14.6. The van der Waals surface area contributed by atoms with Gasteiger partial charge in [0.1, 0.15) is 22.7 Å². The van der Waals surface area contributed by atoms with Crippen LogP contribution in [0.1, 0.15) is 29.7 Å². The van der Waals surface area contributed by atoms with Crippen LogP contribution in [-0.4, -0.2) is 28.8 Å². The van der Waals surface area contributed by atoms with Crippen LogP contribution in [0.4, 0.5) is 4.39 Å². The van der Waals surface area contributed by atoms with Gasteiger partial charge in [-0.3, -0.25) is 9.36 Å². The average Bonchev–Trinajstić information content (AvgIpc) is 2.79. The molecule has 4 rings (SSSR count). The van der Waals surface area contributed by atoms with Crippen LogP contribution >= 0.6 is 0 Å². The zero-order valence-electron chi connectivity index (χ0n) is 18.6. The Morgan fingerprint density at radius 3 is 2.41 bits per heavy atom. The summed E-state index contributed by atoms with van der Waals surface area (Å²) in [6.45, 7) is 5.69. The third-order valence-corrected chi connectivity index (χ3v) is 5.83. The van der Waals surface area contributed by atoms with Gasteiger partial charge in [0.15, 0.2) is 0 Å². The van der Waals surface area contributed by atoms with Crippen LogP contribution in [-0.2, 0) is 0 Å². The third-order valence-electron chi connectivity index (χ3n) is 5.83. The summed E-state index contributed by atoms with van der Waals surface area (Å²) in [5, 5.41) is 0.178. The second kappa shape index (κ2) is 8.42. The summed E-state index contributed by atoms with van der Waals surface area (Å²) in [7, 11) is 3.18. The highest BCUT2D eigenvalue weighted by atomic mass is 19.1. The monoisotopic (exact) mass is 433 g/mol. The van der Waals surface area contributed by atoms with Crippen LogP contribution < -0.4 is 15.0 Å². The first kappa shape index (κ1) is 21.5. The van der Waals surface area contributed by atoms with Gasteiger partial charge in [-0.25, -0.2) is 9.97 Å². The number of pyridine rings is 1. The van der Waals surface area contributed by atoms with Gasteiger partial charge >= 0.3 is 0 Å². The van der Waals surface area contributed by atoms with E-state index in [9.17, 15) is 9.18 Å². The van der Waals surface area contributed by atoms with Crippen LogP contribution in [0.25, 0.3) is 22.2 Å². The minimum Gasteiger partial charge on any atom is -0.497 e. The predicted molar refractivity (Wildman–Crippen MR) is 122 cm³/mol. The number of aromatic nitrogens is 3. The molecule has 0 radical (unpaired) electrons. The first-order valence-electron chi connectivity index (χ1n) is 10.2. The van der Waals surface area contributed by atoms with E-state index in [1.807, 2.05) is 57.2 Å². The van der Waals surface area contributed by atoms with Gasteiger partial charge in [0.25, 0.3) is 5.56 Å². The lowest BCUT2D eigenvalue weighted by atomic mass is 9.97. The predicted octanol–water partition coefficient (Wildman–Crippen LogP) is 4.84. The highest BCUT2D eigenvalue weighted by Gasteiger charge is 2.20. The zero-order valence-corrected chi connectivity index (χ0v) is 18.6. The van der Waals surface area contributed by atoms with Crippen LogP contribution in [0, 0.1) is 19.8 Å². The number of benzene rings is 2. The third kappa shape index (κ3) is 3.60. The Morgan fingerprint density at radius 2 is 1.75 bits per heavy atom. The van der Waals surface area contributed by atoms with E-state index in [1.54, 1.807) is 14.2 Å². The van der Waals surface area contributed by atoms with E-state index < -0.39 is 5.95 Å². The molecule has 0 amide bonds. The molecule has 2 heterocycles. The normalized spacial score (nSPS) is 12.1. The molecule has 0 saturated heterocycles. The lowest BCUT2D eigenvalue weighted by molar-refractivity contribution is 0.412. The molecule has 0 N–H and O–H groups in total. The molecule has 0 spiro atoms. The largest absolute Gasteiger partial charge is 0.497 e. The van der Waals surface area contributed by atoms with E-state index in [1.165, 1.54) is 10.9 Å². The molecule has 7 heteroatoms. The number of methoxy groups -OCH3 is 2. The van der Waals surface area contributed by atoms with Crippen molar-refractivity contribution in [3.63, 3.8) is 0 Å². The lowest BCUT2D eigenvalue weighted by Gasteiger charge is -2.18. The number of rotatable bonds is 5. The second-order valence-corrected chi connectivity index (χ2v) is 7.68. The van der Waals surface area contributed by atoms with Crippen LogP contribution in [0.3, 0.4) is 0 Å². The average molecular weight is 433 g/mol. The summed E-state index contributed by atoms with van der Waals surface area (Å²) in [6.07, 6.45) is 1.49. The van der Waals surface area contributed by atoms with E-state index in [-0.39, 0.29) is 17.0 Å². The maximum absolute atomic E-state index is 14.6. The van der Waals surface area contributed by atoms with Gasteiger partial charge in [-0.15, -0.1) is 0 Å². The van der Waals surface area contributed by atoms with Crippen LogP contribution in [0.2, 0.25) is 0 Å². The minimum atomic E-state index is -0.733. The SMILES string of the molecule is COc1ccc([C@@H](C)n2cnc3c(-c4c(C)ccc(OC)c4C)nc(F)cc3c2=O)cc1. The topological polar surface area (TPSA) is 66.2 Å². The fraction of sp³-hybridized carbons (Fsp3) is 0.240. The fourth-order valence-corrected chi connectivity index (χ4v) is 4.02. The first-order valence-corrected chi connectivity index (χ1v) is 10.2. The Morgan fingerprint density at radius 1 is 1.03 bits per heavy atom. The molecular weight excluding hydrogens is 409 g/mol. The Labute approximate surface area is 185 Å². The van der Waals surface area contributed by atoms with Crippen molar-refractivity contribution in [2.24, 2.45) is 0 Å². The quantitative estimate of drug-likeness (QED) is 0.421. The highest BCUT2D eigenvalue weighted by molar-refractivity contribution is 5.92. The van der Waals surface area contributed by atoms with Gasteiger partial charge in [-0.2, -0.15) is 4.39 Å². The number of nitrogens with zero attached hydrogens (tertiary/aromatic N) is 3. The number of hydrogen-bond donors (Lipinski definition) is 0. The Hall–Kier alpha value is -3.74. The molecule has 0 saturated carbocycles. The van der Waals surface area contributed by atoms with Crippen molar-refractivity contribution >= 4 is 10.9 Å². The summed E-state index contributed by atoms with van der Waals surface area (Å²) >= 11 is 0. The maximum Gasteiger partial charge on any atom is 0.261 e.